The lowest BCUT2D eigenvalue weighted by Crippen LogP contribution is -2.41. The zero-order chi connectivity index (χ0) is 16.4. The third kappa shape index (κ3) is 8.74. The van der Waals surface area contributed by atoms with Gasteiger partial charge in [-0.15, -0.1) is 0 Å². The Morgan fingerprint density at radius 2 is 1.86 bits per heavy atom. The molecule has 0 aromatic heterocycles. The van der Waals surface area contributed by atoms with Crippen LogP contribution in [0.3, 0.4) is 0 Å². The summed E-state index contributed by atoms with van der Waals surface area (Å²) >= 11 is 0. The fraction of sp³-hybridized carbons (Fsp3) is 0.857. The van der Waals surface area contributed by atoms with E-state index in [1.165, 1.54) is 6.42 Å². The van der Waals surface area contributed by atoms with Crippen molar-refractivity contribution in [3.05, 3.63) is 0 Å². The third-order valence-electron chi connectivity index (χ3n) is 3.40. The van der Waals surface area contributed by atoms with Gasteiger partial charge in [0.1, 0.15) is 6.54 Å². The van der Waals surface area contributed by atoms with Crippen LogP contribution in [0.15, 0.2) is 4.99 Å². The lowest BCUT2D eigenvalue weighted by atomic mass is 9.95. The van der Waals surface area contributed by atoms with Crippen molar-refractivity contribution < 1.29 is 18.0 Å². The second-order valence-corrected chi connectivity index (χ2v) is 5.39. The van der Waals surface area contributed by atoms with Gasteiger partial charge in [-0.2, -0.15) is 13.2 Å². The van der Waals surface area contributed by atoms with Crippen molar-refractivity contribution in [3.8, 4) is 0 Å². The standard InChI is InChI=1S/C14H25F3N4O/c1-2-18-13(19-9-8-14(15,16)17)20-10-12(22)21-11-6-4-3-5-7-11/h11H,2-10H2,1H3,(H,21,22)(H2,18,19,20). The summed E-state index contributed by atoms with van der Waals surface area (Å²) in [6.45, 7) is 1.97. The molecule has 0 aliphatic heterocycles. The van der Waals surface area contributed by atoms with E-state index in [0.29, 0.717) is 6.54 Å². The van der Waals surface area contributed by atoms with Gasteiger partial charge in [-0.05, 0) is 19.8 Å². The summed E-state index contributed by atoms with van der Waals surface area (Å²) in [4.78, 5) is 15.8. The van der Waals surface area contributed by atoms with Crippen LogP contribution in [-0.2, 0) is 4.79 Å². The van der Waals surface area contributed by atoms with Crippen molar-refractivity contribution in [2.75, 3.05) is 19.6 Å². The monoisotopic (exact) mass is 322 g/mol. The summed E-state index contributed by atoms with van der Waals surface area (Å²) in [5.41, 5.74) is 0. The number of alkyl halides is 3. The maximum absolute atomic E-state index is 12.1. The van der Waals surface area contributed by atoms with Crippen molar-refractivity contribution in [2.24, 2.45) is 4.99 Å². The van der Waals surface area contributed by atoms with Crippen LogP contribution in [0.2, 0.25) is 0 Å². The van der Waals surface area contributed by atoms with Crippen molar-refractivity contribution >= 4 is 11.9 Å². The molecule has 0 saturated heterocycles. The third-order valence-corrected chi connectivity index (χ3v) is 3.40. The molecule has 1 saturated carbocycles. The Labute approximate surface area is 129 Å². The molecule has 8 heteroatoms. The molecule has 0 aromatic carbocycles. The average Bonchev–Trinajstić information content (AvgIpc) is 2.44. The summed E-state index contributed by atoms with van der Waals surface area (Å²) in [6, 6.07) is 0.206. The molecule has 1 aliphatic rings. The van der Waals surface area contributed by atoms with Gasteiger partial charge in [-0.25, -0.2) is 4.99 Å². The number of halogens is 3. The van der Waals surface area contributed by atoms with Crippen LogP contribution in [0, 0.1) is 0 Å². The van der Waals surface area contributed by atoms with E-state index in [4.69, 9.17) is 0 Å². The average molecular weight is 322 g/mol. The summed E-state index contributed by atoms with van der Waals surface area (Å²) in [5.74, 6) is 0.0328. The van der Waals surface area contributed by atoms with Crippen LogP contribution >= 0.6 is 0 Å². The molecule has 128 valence electrons. The lowest BCUT2D eigenvalue weighted by molar-refractivity contribution is -0.132. The zero-order valence-electron chi connectivity index (χ0n) is 12.9. The molecule has 3 N–H and O–H groups in total. The Kier molecular flexibility index (Phi) is 8.05. The number of carbonyl (C=O) groups is 1. The number of amides is 1. The molecule has 1 rings (SSSR count). The lowest BCUT2D eigenvalue weighted by Gasteiger charge is -2.22. The maximum Gasteiger partial charge on any atom is 0.390 e. The van der Waals surface area contributed by atoms with Crippen molar-refractivity contribution in [3.63, 3.8) is 0 Å². The molecule has 0 aromatic rings. The Bertz CT molecular complexity index is 366. The van der Waals surface area contributed by atoms with E-state index in [1.807, 2.05) is 6.92 Å². The van der Waals surface area contributed by atoms with Gasteiger partial charge in [0.15, 0.2) is 5.96 Å². The molecule has 1 fully saturated rings. The molecule has 0 spiro atoms. The topological polar surface area (TPSA) is 65.5 Å². The number of aliphatic imine (C=N–C) groups is 1. The molecule has 0 radical (unpaired) electrons. The summed E-state index contributed by atoms with van der Waals surface area (Å²) in [5, 5.41) is 8.31. The van der Waals surface area contributed by atoms with Crippen LogP contribution in [-0.4, -0.2) is 43.7 Å². The Morgan fingerprint density at radius 3 is 2.45 bits per heavy atom. The molecule has 5 nitrogen and oxygen atoms in total. The number of guanidine groups is 1. The van der Waals surface area contributed by atoms with Gasteiger partial charge in [0, 0.05) is 19.1 Å². The summed E-state index contributed by atoms with van der Waals surface area (Å²) in [6.07, 6.45) is 0.275. The van der Waals surface area contributed by atoms with Gasteiger partial charge < -0.3 is 16.0 Å². The normalized spacial score (nSPS) is 17.2. The van der Waals surface area contributed by atoms with Crippen molar-refractivity contribution in [1.29, 1.82) is 0 Å². The number of rotatable bonds is 6. The van der Waals surface area contributed by atoms with E-state index in [-0.39, 0.29) is 31.0 Å². The Hall–Kier alpha value is -1.47. The van der Waals surface area contributed by atoms with Gasteiger partial charge in [0.2, 0.25) is 5.91 Å². The molecule has 1 aliphatic carbocycles. The van der Waals surface area contributed by atoms with E-state index in [0.717, 1.165) is 25.7 Å². The highest BCUT2D eigenvalue weighted by Crippen LogP contribution is 2.18. The fourth-order valence-electron chi connectivity index (χ4n) is 2.34. The van der Waals surface area contributed by atoms with Crippen LogP contribution < -0.4 is 16.0 Å². The van der Waals surface area contributed by atoms with Crippen LogP contribution in [0.1, 0.15) is 45.4 Å². The molecule has 0 bridgehead atoms. The second kappa shape index (κ2) is 9.53. The summed E-state index contributed by atoms with van der Waals surface area (Å²) in [7, 11) is 0. The predicted molar refractivity (Wildman–Crippen MR) is 79.7 cm³/mol. The first-order valence-electron chi connectivity index (χ1n) is 7.79. The van der Waals surface area contributed by atoms with Crippen LogP contribution in [0.5, 0.6) is 0 Å². The fourth-order valence-corrected chi connectivity index (χ4v) is 2.34. The van der Waals surface area contributed by atoms with Gasteiger partial charge in [0.25, 0.3) is 0 Å². The van der Waals surface area contributed by atoms with Gasteiger partial charge in [0.05, 0.1) is 6.42 Å². The first kappa shape index (κ1) is 18.6. The minimum Gasteiger partial charge on any atom is -0.357 e. The van der Waals surface area contributed by atoms with E-state index in [2.05, 4.69) is 20.9 Å². The second-order valence-electron chi connectivity index (χ2n) is 5.39. The van der Waals surface area contributed by atoms with E-state index in [9.17, 15) is 18.0 Å². The number of hydrogen-bond acceptors (Lipinski definition) is 2. The van der Waals surface area contributed by atoms with Crippen LogP contribution in [0.25, 0.3) is 0 Å². The van der Waals surface area contributed by atoms with E-state index < -0.39 is 12.6 Å². The Balaban J connectivity index is 2.34. The number of nitrogens with one attached hydrogen (secondary N) is 3. The molecule has 0 atom stereocenters. The van der Waals surface area contributed by atoms with Gasteiger partial charge >= 0.3 is 6.18 Å². The SMILES string of the molecule is CCNC(=NCC(=O)NC1CCCCC1)NCCC(F)(F)F. The van der Waals surface area contributed by atoms with Crippen LogP contribution in [0.4, 0.5) is 13.2 Å². The largest absolute Gasteiger partial charge is 0.390 e. The molecule has 22 heavy (non-hydrogen) atoms. The minimum atomic E-state index is -4.21. The zero-order valence-corrected chi connectivity index (χ0v) is 12.9. The maximum atomic E-state index is 12.1. The quantitative estimate of drug-likeness (QED) is 0.517. The smallest absolute Gasteiger partial charge is 0.357 e. The highest BCUT2D eigenvalue weighted by molar-refractivity contribution is 5.85. The molecular weight excluding hydrogens is 297 g/mol. The number of carbonyl (C=O) groups excluding carboxylic acids is 1. The molecule has 1 amide bonds. The number of nitrogens with zero attached hydrogens (tertiary/aromatic N) is 1. The highest BCUT2D eigenvalue weighted by Gasteiger charge is 2.26. The van der Waals surface area contributed by atoms with Gasteiger partial charge in [-0.3, -0.25) is 4.79 Å². The van der Waals surface area contributed by atoms with E-state index >= 15 is 0 Å². The van der Waals surface area contributed by atoms with E-state index in [1.54, 1.807) is 0 Å². The first-order valence-corrected chi connectivity index (χ1v) is 7.79. The molecular formula is C14H25F3N4O. The predicted octanol–water partition coefficient (Wildman–Crippen LogP) is 1.94. The Morgan fingerprint density at radius 1 is 1.18 bits per heavy atom. The van der Waals surface area contributed by atoms with Crippen molar-refractivity contribution in [1.82, 2.24) is 16.0 Å². The van der Waals surface area contributed by atoms with Gasteiger partial charge in [-0.1, -0.05) is 19.3 Å². The molecule has 0 unspecified atom stereocenters. The van der Waals surface area contributed by atoms with Crippen molar-refractivity contribution in [2.45, 2.75) is 57.7 Å². The minimum absolute atomic E-state index is 0.0855. The number of hydrogen-bond donors (Lipinski definition) is 3. The summed E-state index contributed by atoms with van der Waals surface area (Å²) < 4.78 is 36.3. The molecule has 0 heterocycles. The highest BCUT2D eigenvalue weighted by atomic mass is 19.4. The first-order chi connectivity index (χ1) is 10.4.